The second-order valence-electron chi connectivity index (χ2n) is 4.02. The lowest BCUT2D eigenvalue weighted by Crippen LogP contribution is -1.97. The van der Waals surface area contributed by atoms with E-state index < -0.39 is 0 Å². The fourth-order valence-corrected chi connectivity index (χ4v) is 1.86. The average Bonchev–Trinajstić information content (AvgIpc) is 2.39. The Kier molecular flexibility index (Phi) is 2.53. The number of hydrogen-bond donors (Lipinski definition) is 2. The van der Waals surface area contributed by atoms with Crippen LogP contribution in [0.4, 0.5) is 17.3 Å². The quantitative estimate of drug-likeness (QED) is 0.718. The van der Waals surface area contributed by atoms with Gasteiger partial charge in [0.2, 0.25) is 0 Å². The average molecular weight is 236 g/mol. The van der Waals surface area contributed by atoms with Gasteiger partial charge in [-0.1, -0.05) is 30.3 Å². The highest BCUT2D eigenvalue weighted by molar-refractivity contribution is 5.86. The minimum Gasteiger partial charge on any atom is -0.382 e. The molecule has 3 N–H and O–H groups in total. The van der Waals surface area contributed by atoms with Crippen LogP contribution in [0.1, 0.15) is 0 Å². The first kappa shape index (κ1) is 10.5. The summed E-state index contributed by atoms with van der Waals surface area (Å²) in [6, 6.07) is 14.3. The summed E-state index contributed by atoms with van der Waals surface area (Å²) in [5.41, 5.74) is 6.56. The first-order valence-corrected chi connectivity index (χ1v) is 5.65. The van der Waals surface area contributed by atoms with E-state index >= 15 is 0 Å². The highest BCUT2D eigenvalue weighted by Crippen LogP contribution is 2.21. The third-order valence-electron chi connectivity index (χ3n) is 2.68. The third-order valence-corrected chi connectivity index (χ3v) is 2.68. The summed E-state index contributed by atoms with van der Waals surface area (Å²) in [5.74, 6) is 1.05. The van der Waals surface area contributed by atoms with Crippen molar-refractivity contribution in [3.8, 4) is 0 Å². The molecule has 0 aliphatic heterocycles. The summed E-state index contributed by atoms with van der Waals surface area (Å²) in [6.07, 6.45) is 3.16. The lowest BCUT2D eigenvalue weighted by atomic mass is 10.1. The molecule has 4 heteroatoms. The number of hydrogen-bond acceptors (Lipinski definition) is 4. The molecule has 0 atom stereocenters. The van der Waals surface area contributed by atoms with Crippen LogP contribution in [0, 0.1) is 0 Å². The molecule has 0 saturated carbocycles. The predicted molar refractivity (Wildman–Crippen MR) is 73.7 cm³/mol. The Morgan fingerprint density at radius 3 is 2.61 bits per heavy atom. The zero-order valence-corrected chi connectivity index (χ0v) is 9.67. The molecule has 0 amide bonds. The van der Waals surface area contributed by atoms with Crippen molar-refractivity contribution >= 4 is 28.1 Å². The van der Waals surface area contributed by atoms with Crippen molar-refractivity contribution in [2.24, 2.45) is 0 Å². The Morgan fingerprint density at radius 2 is 1.78 bits per heavy atom. The molecular formula is C14H12N4. The second kappa shape index (κ2) is 4.33. The maximum atomic E-state index is 5.59. The first-order valence-electron chi connectivity index (χ1n) is 5.65. The molecule has 0 fully saturated rings. The molecule has 0 unspecified atom stereocenters. The molecule has 2 aromatic carbocycles. The van der Waals surface area contributed by atoms with Gasteiger partial charge >= 0.3 is 0 Å². The van der Waals surface area contributed by atoms with Crippen molar-refractivity contribution in [1.29, 1.82) is 0 Å². The number of fused-ring (bicyclic) bond motifs is 1. The van der Waals surface area contributed by atoms with Crippen LogP contribution >= 0.6 is 0 Å². The minimum atomic E-state index is 0.404. The Hall–Kier alpha value is -2.62. The van der Waals surface area contributed by atoms with E-state index in [1.54, 1.807) is 6.20 Å². The highest BCUT2D eigenvalue weighted by Gasteiger charge is 1.99. The molecule has 0 bridgehead atoms. The van der Waals surface area contributed by atoms with Gasteiger partial charge in [0.25, 0.3) is 0 Å². The lowest BCUT2D eigenvalue weighted by molar-refractivity contribution is 1.21. The van der Waals surface area contributed by atoms with E-state index in [0.29, 0.717) is 11.6 Å². The summed E-state index contributed by atoms with van der Waals surface area (Å²) in [4.78, 5) is 8.15. The van der Waals surface area contributed by atoms with E-state index in [4.69, 9.17) is 5.73 Å². The smallest absolute Gasteiger partial charge is 0.151 e. The molecule has 0 spiro atoms. The van der Waals surface area contributed by atoms with Gasteiger partial charge in [0, 0.05) is 5.69 Å². The number of nitrogens with zero attached hydrogens (tertiary/aromatic N) is 2. The molecule has 1 heterocycles. The van der Waals surface area contributed by atoms with Gasteiger partial charge < -0.3 is 11.1 Å². The third kappa shape index (κ3) is 2.08. The Labute approximate surface area is 104 Å². The van der Waals surface area contributed by atoms with Crippen LogP contribution in [-0.2, 0) is 0 Å². The molecular weight excluding hydrogens is 224 g/mol. The van der Waals surface area contributed by atoms with E-state index in [2.05, 4.69) is 39.6 Å². The van der Waals surface area contributed by atoms with Crippen LogP contribution < -0.4 is 11.1 Å². The van der Waals surface area contributed by atoms with Crippen molar-refractivity contribution < 1.29 is 0 Å². The van der Waals surface area contributed by atoms with Gasteiger partial charge in [-0.15, -0.1) is 0 Å². The summed E-state index contributed by atoms with van der Waals surface area (Å²) in [5, 5.41) is 5.57. The number of nitrogen functional groups attached to an aromatic ring is 1. The number of nitrogens with one attached hydrogen (secondary N) is 1. The molecule has 18 heavy (non-hydrogen) atoms. The molecule has 0 aliphatic rings. The van der Waals surface area contributed by atoms with Gasteiger partial charge in [-0.05, 0) is 22.9 Å². The maximum absolute atomic E-state index is 5.59. The van der Waals surface area contributed by atoms with E-state index in [1.165, 1.54) is 17.0 Å². The van der Waals surface area contributed by atoms with E-state index in [-0.39, 0.29) is 0 Å². The number of anilines is 3. The summed E-state index contributed by atoms with van der Waals surface area (Å²) >= 11 is 0. The van der Waals surface area contributed by atoms with Gasteiger partial charge in [-0.2, -0.15) is 0 Å². The molecule has 3 aromatic rings. The topological polar surface area (TPSA) is 63.8 Å². The Bertz CT molecular complexity index is 694. The van der Waals surface area contributed by atoms with Crippen molar-refractivity contribution in [1.82, 2.24) is 9.97 Å². The normalized spacial score (nSPS) is 10.4. The number of aromatic nitrogens is 2. The number of nitrogens with two attached hydrogens (primary N) is 1. The van der Waals surface area contributed by atoms with Crippen molar-refractivity contribution in [3.05, 3.63) is 54.9 Å². The van der Waals surface area contributed by atoms with Crippen LogP contribution in [-0.4, -0.2) is 9.97 Å². The number of benzene rings is 2. The molecule has 0 aliphatic carbocycles. The van der Waals surface area contributed by atoms with Gasteiger partial charge in [-0.3, -0.25) is 4.98 Å². The van der Waals surface area contributed by atoms with E-state index in [1.807, 2.05) is 18.2 Å². The standard InChI is InChI=1S/C14H12N4/c15-13-8-16-9-14(18-13)17-12-6-5-10-3-1-2-4-11(10)7-12/h1-9H,(H3,15,17,18). The summed E-state index contributed by atoms with van der Waals surface area (Å²) in [7, 11) is 0. The molecule has 88 valence electrons. The lowest BCUT2D eigenvalue weighted by Gasteiger charge is -2.06. The van der Waals surface area contributed by atoms with Gasteiger partial charge in [0.1, 0.15) is 5.82 Å². The van der Waals surface area contributed by atoms with Crippen molar-refractivity contribution in [2.45, 2.75) is 0 Å². The molecule has 1 aromatic heterocycles. The zero-order valence-electron chi connectivity index (χ0n) is 9.67. The van der Waals surface area contributed by atoms with Crippen LogP contribution in [0.15, 0.2) is 54.9 Å². The van der Waals surface area contributed by atoms with E-state index in [9.17, 15) is 0 Å². The van der Waals surface area contributed by atoms with Crippen molar-refractivity contribution in [2.75, 3.05) is 11.1 Å². The fraction of sp³-hybridized carbons (Fsp3) is 0. The summed E-state index contributed by atoms with van der Waals surface area (Å²) < 4.78 is 0. The monoisotopic (exact) mass is 236 g/mol. The summed E-state index contributed by atoms with van der Waals surface area (Å²) in [6.45, 7) is 0. The zero-order chi connectivity index (χ0) is 12.4. The van der Waals surface area contributed by atoms with Crippen LogP contribution in [0.2, 0.25) is 0 Å². The maximum Gasteiger partial charge on any atom is 0.151 e. The molecule has 3 rings (SSSR count). The molecule has 0 saturated heterocycles. The first-order chi connectivity index (χ1) is 8.81. The van der Waals surface area contributed by atoms with Gasteiger partial charge in [-0.25, -0.2) is 4.98 Å². The number of rotatable bonds is 2. The van der Waals surface area contributed by atoms with Crippen LogP contribution in [0.25, 0.3) is 10.8 Å². The van der Waals surface area contributed by atoms with E-state index in [0.717, 1.165) is 5.69 Å². The van der Waals surface area contributed by atoms with Crippen molar-refractivity contribution in [3.63, 3.8) is 0 Å². The SMILES string of the molecule is Nc1cncc(Nc2ccc3ccccc3c2)n1. The Morgan fingerprint density at radius 1 is 0.944 bits per heavy atom. The molecule has 0 radical (unpaired) electrons. The van der Waals surface area contributed by atoms with Crippen LogP contribution in [0.3, 0.4) is 0 Å². The van der Waals surface area contributed by atoms with Crippen LogP contribution in [0.5, 0.6) is 0 Å². The van der Waals surface area contributed by atoms with Gasteiger partial charge in [0.05, 0.1) is 12.4 Å². The highest BCUT2D eigenvalue weighted by atomic mass is 15.0. The Balaban J connectivity index is 1.95. The second-order valence-corrected chi connectivity index (χ2v) is 4.02. The van der Waals surface area contributed by atoms with Gasteiger partial charge in [0.15, 0.2) is 5.82 Å². The fourth-order valence-electron chi connectivity index (χ4n) is 1.86. The largest absolute Gasteiger partial charge is 0.382 e. The minimum absolute atomic E-state index is 0.404. The predicted octanol–water partition coefficient (Wildman–Crippen LogP) is 2.96. The molecule has 4 nitrogen and oxygen atoms in total.